The van der Waals surface area contributed by atoms with E-state index >= 15 is 0 Å². The summed E-state index contributed by atoms with van der Waals surface area (Å²) >= 11 is 0. The van der Waals surface area contributed by atoms with Crippen molar-refractivity contribution in [2.24, 2.45) is 0 Å². The van der Waals surface area contributed by atoms with Crippen LogP contribution in [0.25, 0.3) is 11.6 Å². The topological polar surface area (TPSA) is 17.1 Å². The van der Waals surface area contributed by atoms with Gasteiger partial charge in [0.25, 0.3) is 0 Å². The summed E-state index contributed by atoms with van der Waals surface area (Å²) in [5.74, 6) is 0.102. The predicted octanol–water partition coefficient (Wildman–Crippen LogP) is 6.06. The summed E-state index contributed by atoms with van der Waals surface area (Å²) in [5, 5.41) is 0. The molecule has 0 fully saturated rings. The monoisotopic (exact) mass is 306 g/mol. The van der Waals surface area contributed by atoms with Gasteiger partial charge in [-0.05, 0) is 60.1 Å². The molecule has 0 amide bonds. The minimum absolute atomic E-state index is 0.102. The van der Waals surface area contributed by atoms with Gasteiger partial charge in [0, 0.05) is 5.56 Å². The summed E-state index contributed by atoms with van der Waals surface area (Å²) < 4.78 is 0. The zero-order valence-corrected chi connectivity index (χ0v) is 15.0. The van der Waals surface area contributed by atoms with E-state index < -0.39 is 0 Å². The second-order valence-electron chi connectivity index (χ2n) is 7.23. The molecule has 0 unspecified atom stereocenters. The van der Waals surface area contributed by atoms with E-state index in [1.165, 1.54) is 22.3 Å². The maximum Gasteiger partial charge on any atom is 0.159 e. The van der Waals surface area contributed by atoms with E-state index in [9.17, 15) is 4.79 Å². The van der Waals surface area contributed by atoms with Crippen molar-refractivity contribution in [3.8, 4) is 0 Å². The van der Waals surface area contributed by atoms with Gasteiger partial charge in [0.2, 0.25) is 0 Å². The third-order valence-electron chi connectivity index (χ3n) is 4.28. The largest absolute Gasteiger partial charge is 0.295 e. The van der Waals surface area contributed by atoms with Crippen LogP contribution >= 0.6 is 0 Å². The van der Waals surface area contributed by atoms with Crippen molar-refractivity contribution in [3.05, 3.63) is 70.3 Å². The lowest BCUT2D eigenvalue weighted by Gasteiger charge is -2.23. The van der Waals surface area contributed by atoms with Crippen LogP contribution in [0.3, 0.4) is 0 Å². The molecule has 0 radical (unpaired) electrons. The Kier molecular flexibility index (Phi) is 4.89. The van der Waals surface area contributed by atoms with E-state index in [0.29, 0.717) is 0 Å². The van der Waals surface area contributed by atoms with Gasteiger partial charge < -0.3 is 0 Å². The lowest BCUT2D eigenvalue weighted by molar-refractivity contribution is 0.101. The number of ketones is 1. The molecule has 1 heteroatoms. The Morgan fingerprint density at radius 1 is 0.957 bits per heavy atom. The van der Waals surface area contributed by atoms with Gasteiger partial charge >= 0.3 is 0 Å². The van der Waals surface area contributed by atoms with Gasteiger partial charge in [-0.2, -0.15) is 0 Å². The average Bonchev–Trinajstić information content (AvgIpc) is 2.48. The Morgan fingerprint density at radius 2 is 1.57 bits per heavy atom. The lowest BCUT2D eigenvalue weighted by Crippen LogP contribution is -2.13. The molecular weight excluding hydrogens is 280 g/mol. The lowest BCUT2D eigenvalue weighted by atomic mass is 9.82. The molecule has 1 nitrogen and oxygen atoms in total. The fourth-order valence-corrected chi connectivity index (χ4v) is 2.92. The molecule has 0 aliphatic carbocycles. The smallest absolute Gasteiger partial charge is 0.159 e. The third kappa shape index (κ3) is 3.98. The maximum atomic E-state index is 11.6. The van der Waals surface area contributed by atoms with Crippen molar-refractivity contribution in [2.75, 3.05) is 0 Å². The summed E-state index contributed by atoms with van der Waals surface area (Å²) in [4.78, 5) is 11.6. The Labute approximate surface area is 140 Å². The van der Waals surface area contributed by atoms with Crippen LogP contribution in [0.15, 0.2) is 42.5 Å². The van der Waals surface area contributed by atoms with Crippen LogP contribution in [0.4, 0.5) is 0 Å². The molecule has 0 aromatic heterocycles. The number of allylic oxidation sites excluding steroid dienone is 1. The summed E-state index contributed by atoms with van der Waals surface area (Å²) in [6.07, 6.45) is 2.21. The zero-order valence-electron chi connectivity index (χ0n) is 15.0. The fraction of sp³-hybridized carbons (Fsp3) is 0.318. The van der Waals surface area contributed by atoms with Gasteiger partial charge in [-0.1, -0.05) is 63.2 Å². The van der Waals surface area contributed by atoms with E-state index in [1.54, 1.807) is 6.92 Å². The van der Waals surface area contributed by atoms with Crippen molar-refractivity contribution in [3.63, 3.8) is 0 Å². The fourth-order valence-electron chi connectivity index (χ4n) is 2.92. The highest BCUT2D eigenvalue weighted by molar-refractivity contribution is 5.95. The number of Topliss-reactive ketones (excluding diaryl/α,β-unsaturated/α-hetero) is 1. The molecule has 0 saturated carbocycles. The van der Waals surface area contributed by atoms with Crippen molar-refractivity contribution >= 4 is 17.4 Å². The molecule has 0 aliphatic rings. The van der Waals surface area contributed by atoms with Gasteiger partial charge in [0.15, 0.2) is 5.78 Å². The van der Waals surface area contributed by atoms with E-state index in [2.05, 4.69) is 65.0 Å². The summed E-state index contributed by atoms with van der Waals surface area (Å²) in [7, 11) is 0. The highest BCUT2D eigenvalue weighted by Gasteiger charge is 2.17. The standard InChI is InChI=1S/C22H26O/c1-15(18-9-7-11-20(14-18)17(3)23)13-19-10-8-12-21(16(19)2)22(4,5)6/h7-14H,1-6H3/b15-13+. The maximum absolute atomic E-state index is 11.6. The van der Waals surface area contributed by atoms with Gasteiger partial charge in [0.05, 0.1) is 0 Å². The number of hydrogen-bond acceptors (Lipinski definition) is 1. The Bertz CT molecular complexity index is 758. The molecule has 0 spiro atoms. The Morgan fingerprint density at radius 3 is 2.17 bits per heavy atom. The van der Waals surface area contributed by atoms with Crippen molar-refractivity contribution in [1.29, 1.82) is 0 Å². The van der Waals surface area contributed by atoms with Crippen LogP contribution in [0.5, 0.6) is 0 Å². The minimum atomic E-state index is 0.102. The number of hydrogen-bond donors (Lipinski definition) is 0. The highest BCUT2D eigenvalue weighted by Crippen LogP contribution is 2.29. The Hall–Kier alpha value is -2.15. The number of carbonyl (C=O) groups excluding carboxylic acids is 1. The first-order valence-electron chi connectivity index (χ1n) is 8.10. The first-order valence-corrected chi connectivity index (χ1v) is 8.10. The third-order valence-corrected chi connectivity index (χ3v) is 4.28. The number of benzene rings is 2. The SMILES string of the molecule is CC(=O)c1cccc(/C(C)=C/c2cccc(C(C)(C)C)c2C)c1. The van der Waals surface area contributed by atoms with Crippen molar-refractivity contribution < 1.29 is 4.79 Å². The summed E-state index contributed by atoms with van der Waals surface area (Å²) in [5.41, 5.74) is 7.09. The van der Waals surface area contributed by atoms with Crippen LogP contribution in [-0.4, -0.2) is 5.78 Å². The first kappa shape index (κ1) is 17.2. The second kappa shape index (κ2) is 6.54. The van der Waals surface area contributed by atoms with Crippen molar-refractivity contribution in [1.82, 2.24) is 0 Å². The molecule has 0 bridgehead atoms. The van der Waals surface area contributed by atoms with E-state index in [-0.39, 0.29) is 11.2 Å². The quantitative estimate of drug-likeness (QED) is 0.498. The molecule has 23 heavy (non-hydrogen) atoms. The highest BCUT2D eigenvalue weighted by atomic mass is 16.1. The minimum Gasteiger partial charge on any atom is -0.295 e. The molecule has 0 N–H and O–H groups in total. The zero-order chi connectivity index (χ0) is 17.2. The molecule has 0 aliphatic heterocycles. The molecule has 2 aromatic rings. The molecular formula is C22H26O. The van der Waals surface area contributed by atoms with E-state index in [0.717, 1.165) is 11.1 Å². The normalized spacial score (nSPS) is 12.3. The molecule has 0 atom stereocenters. The average molecular weight is 306 g/mol. The van der Waals surface area contributed by atoms with E-state index in [4.69, 9.17) is 0 Å². The molecule has 2 aromatic carbocycles. The number of rotatable bonds is 3. The van der Waals surface area contributed by atoms with Crippen molar-refractivity contribution in [2.45, 2.75) is 47.0 Å². The van der Waals surface area contributed by atoms with Crippen LogP contribution in [-0.2, 0) is 5.41 Å². The van der Waals surface area contributed by atoms with Crippen LogP contribution in [0, 0.1) is 6.92 Å². The van der Waals surface area contributed by atoms with Crippen LogP contribution < -0.4 is 0 Å². The Balaban J connectivity index is 2.46. The first-order chi connectivity index (χ1) is 10.7. The van der Waals surface area contributed by atoms with Crippen LogP contribution in [0.1, 0.15) is 67.2 Å². The van der Waals surface area contributed by atoms with Gasteiger partial charge in [0.1, 0.15) is 0 Å². The summed E-state index contributed by atoms with van der Waals surface area (Å²) in [6, 6.07) is 14.3. The molecule has 2 rings (SSSR count). The predicted molar refractivity (Wildman–Crippen MR) is 99.9 cm³/mol. The number of carbonyl (C=O) groups is 1. The molecule has 0 saturated heterocycles. The van der Waals surface area contributed by atoms with Gasteiger partial charge in [-0.25, -0.2) is 0 Å². The molecule has 0 heterocycles. The summed E-state index contributed by atoms with van der Waals surface area (Å²) in [6.45, 7) is 12.6. The van der Waals surface area contributed by atoms with Gasteiger partial charge in [-0.3, -0.25) is 4.79 Å². The second-order valence-corrected chi connectivity index (χ2v) is 7.23. The van der Waals surface area contributed by atoms with Gasteiger partial charge in [-0.15, -0.1) is 0 Å². The van der Waals surface area contributed by atoms with Crippen LogP contribution in [0.2, 0.25) is 0 Å². The molecule has 120 valence electrons. The van der Waals surface area contributed by atoms with E-state index in [1.807, 2.05) is 18.2 Å².